The molecule has 100 valence electrons. The second kappa shape index (κ2) is 5.62. The number of phenolic OH excluding ortho intramolecular Hbond substituents is 1. The summed E-state index contributed by atoms with van der Waals surface area (Å²) in [4.78, 5) is 2.51. The summed E-state index contributed by atoms with van der Waals surface area (Å²) in [5.41, 5.74) is 1.70. The van der Waals surface area contributed by atoms with E-state index in [1.165, 1.54) is 37.9 Å². The van der Waals surface area contributed by atoms with Crippen LogP contribution < -0.4 is 0 Å². The summed E-state index contributed by atoms with van der Waals surface area (Å²) in [7, 11) is 0. The summed E-state index contributed by atoms with van der Waals surface area (Å²) >= 11 is 3.56. The van der Waals surface area contributed by atoms with Crippen LogP contribution in [0, 0.1) is 5.41 Å². The number of phenols is 1. The van der Waals surface area contributed by atoms with Gasteiger partial charge >= 0.3 is 0 Å². The lowest BCUT2D eigenvalue weighted by atomic mass is 9.82. The summed E-state index contributed by atoms with van der Waals surface area (Å²) in [5, 5.41) is 9.57. The average Bonchev–Trinajstić information content (AvgIpc) is 2.78. The Kier molecular flexibility index (Phi) is 4.33. The van der Waals surface area contributed by atoms with E-state index in [1.807, 2.05) is 12.1 Å². The van der Waals surface area contributed by atoms with Crippen LogP contribution in [0.5, 0.6) is 5.75 Å². The molecular formula is C15H22BrNO. The van der Waals surface area contributed by atoms with Crippen molar-refractivity contribution in [2.24, 2.45) is 5.41 Å². The molecule has 0 spiro atoms. The van der Waals surface area contributed by atoms with Crippen LogP contribution in [0.2, 0.25) is 0 Å². The van der Waals surface area contributed by atoms with Crippen LogP contribution in [-0.4, -0.2) is 23.1 Å². The molecule has 2 nitrogen and oxygen atoms in total. The number of hydrogen-bond acceptors (Lipinski definition) is 2. The Morgan fingerprint density at radius 1 is 1.33 bits per heavy atom. The highest BCUT2D eigenvalue weighted by molar-refractivity contribution is 9.10. The predicted octanol–water partition coefficient (Wildman–Crippen LogP) is 4.17. The highest BCUT2D eigenvalue weighted by Gasteiger charge is 2.34. The number of hydrogen-bond donors (Lipinski definition) is 1. The first-order valence-electron chi connectivity index (χ1n) is 6.78. The van der Waals surface area contributed by atoms with E-state index < -0.39 is 0 Å². The smallest absolute Gasteiger partial charge is 0.115 e. The molecule has 1 N–H and O–H groups in total. The SMILES string of the molecule is CCC1(CC)CCN(Cc2cc(O)ccc2Br)C1. The second-order valence-corrected chi connectivity index (χ2v) is 6.30. The molecule has 1 fully saturated rings. The fraction of sp³-hybridized carbons (Fsp3) is 0.600. The molecule has 0 aromatic heterocycles. The topological polar surface area (TPSA) is 23.5 Å². The van der Waals surface area contributed by atoms with Crippen molar-refractivity contribution in [3.8, 4) is 5.75 Å². The minimum Gasteiger partial charge on any atom is -0.508 e. The molecule has 0 bridgehead atoms. The number of likely N-dealkylation sites (tertiary alicyclic amines) is 1. The van der Waals surface area contributed by atoms with Gasteiger partial charge in [0.25, 0.3) is 0 Å². The first-order valence-corrected chi connectivity index (χ1v) is 7.57. The lowest BCUT2D eigenvalue weighted by molar-refractivity contribution is 0.236. The second-order valence-electron chi connectivity index (χ2n) is 5.44. The van der Waals surface area contributed by atoms with Gasteiger partial charge in [0, 0.05) is 17.6 Å². The largest absolute Gasteiger partial charge is 0.508 e. The van der Waals surface area contributed by atoms with Crippen LogP contribution >= 0.6 is 15.9 Å². The van der Waals surface area contributed by atoms with E-state index in [0.29, 0.717) is 11.2 Å². The monoisotopic (exact) mass is 311 g/mol. The third-order valence-electron chi connectivity index (χ3n) is 4.44. The standard InChI is InChI=1S/C15H22BrNO/c1-3-15(4-2)7-8-17(11-15)10-12-9-13(18)5-6-14(12)16/h5-6,9,18H,3-4,7-8,10-11H2,1-2H3. The number of aromatic hydroxyl groups is 1. The zero-order valence-electron chi connectivity index (χ0n) is 11.2. The van der Waals surface area contributed by atoms with Gasteiger partial charge in [0.05, 0.1) is 0 Å². The van der Waals surface area contributed by atoms with E-state index >= 15 is 0 Å². The van der Waals surface area contributed by atoms with Crippen molar-refractivity contribution in [1.82, 2.24) is 4.90 Å². The highest BCUT2D eigenvalue weighted by atomic mass is 79.9. The minimum absolute atomic E-state index is 0.352. The lowest BCUT2D eigenvalue weighted by Crippen LogP contribution is -2.26. The molecule has 0 saturated carbocycles. The molecule has 1 aromatic rings. The molecule has 0 radical (unpaired) electrons. The zero-order chi connectivity index (χ0) is 13.2. The molecule has 0 unspecified atom stereocenters. The lowest BCUT2D eigenvalue weighted by Gasteiger charge is -2.26. The molecule has 0 amide bonds. The molecule has 0 atom stereocenters. The molecule has 1 aliphatic rings. The Balaban J connectivity index is 2.05. The third kappa shape index (κ3) is 2.89. The fourth-order valence-electron chi connectivity index (χ4n) is 2.91. The summed E-state index contributed by atoms with van der Waals surface area (Å²) in [6.45, 7) is 7.89. The first kappa shape index (κ1) is 13.9. The van der Waals surface area contributed by atoms with Gasteiger partial charge in [-0.25, -0.2) is 0 Å². The molecule has 1 aliphatic heterocycles. The van der Waals surface area contributed by atoms with Crippen molar-refractivity contribution in [2.45, 2.75) is 39.7 Å². The normalized spacial score (nSPS) is 19.3. The van der Waals surface area contributed by atoms with E-state index in [-0.39, 0.29) is 0 Å². The number of nitrogens with zero attached hydrogens (tertiary/aromatic N) is 1. The summed E-state index contributed by atoms with van der Waals surface area (Å²) in [6.07, 6.45) is 3.83. The van der Waals surface area contributed by atoms with Gasteiger partial charge in [-0.15, -0.1) is 0 Å². The van der Waals surface area contributed by atoms with Gasteiger partial charge in [-0.2, -0.15) is 0 Å². The first-order chi connectivity index (χ1) is 8.58. The van der Waals surface area contributed by atoms with Gasteiger partial charge in [0.15, 0.2) is 0 Å². The minimum atomic E-state index is 0.352. The molecular weight excluding hydrogens is 290 g/mol. The summed E-state index contributed by atoms with van der Waals surface area (Å²) in [5.74, 6) is 0.352. The van der Waals surface area contributed by atoms with Gasteiger partial charge in [-0.3, -0.25) is 4.90 Å². The summed E-state index contributed by atoms with van der Waals surface area (Å²) < 4.78 is 1.09. The molecule has 2 rings (SSSR count). The van der Waals surface area contributed by atoms with Crippen molar-refractivity contribution < 1.29 is 5.11 Å². The van der Waals surface area contributed by atoms with Crippen LogP contribution in [0.4, 0.5) is 0 Å². The van der Waals surface area contributed by atoms with Gasteiger partial charge < -0.3 is 5.11 Å². The Bertz CT molecular complexity index is 415. The van der Waals surface area contributed by atoms with E-state index in [0.717, 1.165) is 11.0 Å². The van der Waals surface area contributed by atoms with Crippen molar-refractivity contribution in [3.63, 3.8) is 0 Å². The van der Waals surface area contributed by atoms with Crippen LogP contribution in [0.25, 0.3) is 0 Å². The van der Waals surface area contributed by atoms with Gasteiger partial charge in [-0.1, -0.05) is 29.8 Å². The van der Waals surface area contributed by atoms with Crippen LogP contribution in [0.15, 0.2) is 22.7 Å². The van der Waals surface area contributed by atoms with E-state index in [2.05, 4.69) is 34.7 Å². The molecule has 18 heavy (non-hydrogen) atoms. The Hall–Kier alpha value is -0.540. The maximum absolute atomic E-state index is 9.57. The van der Waals surface area contributed by atoms with Crippen molar-refractivity contribution in [3.05, 3.63) is 28.2 Å². The van der Waals surface area contributed by atoms with E-state index in [4.69, 9.17) is 0 Å². The maximum Gasteiger partial charge on any atom is 0.115 e. The Morgan fingerprint density at radius 3 is 2.67 bits per heavy atom. The number of halogens is 1. The Morgan fingerprint density at radius 2 is 2.06 bits per heavy atom. The quantitative estimate of drug-likeness (QED) is 0.902. The Labute approximate surface area is 118 Å². The van der Waals surface area contributed by atoms with Gasteiger partial charge in [0.2, 0.25) is 0 Å². The predicted molar refractivity (Wildman–Crippen MR) is 78.7 cm³/mol. The average molecular weight is 312 g/mol. The van der Waals surface area contributed by atoms with E-state index in [1.54, 1.807) is 6.07 Å². The third-order valence-corrected chi connectivity index (χ3v) is 5.21. The molecule has 1 saturated heterocycles. The summed E-state index contributed by atoms with van der Waals surface area (Å²) in [6, 6.07) is 5.51. The van der Waals surface area contributed by atoms with Gasteiger partial charge in [-0.05, 0) is 55.0 Å². The number of rotatable bonds is 4. The molecule has 3 heteroatoms. The number of benzene rings is 1. The van der Waals surface area contributed by atoms with Crippen molar-refractivity contribution >= 4 is 15.9 Å². The van der Waals surface area contributed by atoms with Crippen LogP contribution in [-0.2, 0) is 6.54 Å². The molecule has 1 heterocycles. The van der Waals surface area contributed by atoms with E-state index in [9.17, 15) is 5.11 Å². The van der Waals surface area contributed by atoms with Crippen LogP contribution in [0.1, 0.15) is 38.7 Å². The van der Waals surface area contributed by atoms with Gasteiger partial charge in [0.1, 0.15) is 5.75 Å². The molecule has 1 aromatic carbocycles. The van der Waals surface area contributed by atoms with Crippen molar-refractivity contribution in [1.29, 1.82) is 0 Å². The zero-order valence-corrected chi connectivity index (χ0v) is 12.8. The van der Waals surface area contributed by atoms with Crippen molar-refractivity contribution in [2.75, 3.05) is 13.1 Å². The molecule has 0 aliphatic carbocycles. The fourth-order valence-corrected chi connectivity index (χ4v) is 3.29. The van der Waals surface area contributed by atoms with Crippen LogP contribution in [0.3, 0.4) is 0 Å². The maximum atomic E-state index is 9.57. The highest BCUT2D eigenvalue weighted by Crippen LogP contribution is 2.38.